The van der Waals surface area contributed by atoms with E-state index in [0.29, 0.717) is 18.8 Å². The van der Waals surface area contributed by atoms with Gasteiger partial charge in [0, 0.05) is 12.2 Å². The molecule has 2 rings (SSSR count). The van der Waals surface area contributed by atoms with E-state index in [-0.39, 0.29) is 11.3 Å². The van der Waals surface area contributed by atoms with E-state index in [0.717, 1.165) is 23.0 Å². The van der Waals surface area contributed by atoms with E-state index in [1.807, 2.05) is 32.0 Å². The van der Waals surface area contributed by atoms with Gasteiger partial charge in [-0.3, -0.25) is 9.59 Å². The van der Waals surface area contributed by atoms with Crippen LogP contribution in [-0.2, 0) is 11.3 Å². The summed E-state index contributed by atoms with van der Waals surface area (Å²) in [5.74, 6) is -0.191. The van der Waals surface area contributed by atoms with Gasteiger partial charge in [-0.2, -0.15) is 0 Å². The third-order valence-electron chi connectivity index (χ3n) is 3.69. The number of carbonyl (C=O) groups excluding carboxylic acids is 2. The summed E-state index contributed by atoms with van der Waals surface area (Å²) in [5, 5.41) is 15.2. The molecular formula is C20H22N2O4. The van der Waals surface area contributed by atoms with Gasteiger partial charge in [0.2, 0.25) is 5.91 Å². The highest BCUT2D eigenvalue weighted by molar-refractivity contribution is 6.01. The standard InChI is InChI=1S/C20H22N2O4/c1-4-19(24)22-15-7-8-17(23)16(11-15)20(25)21-12-14-6-9-18(26-5-2)13(3)10-14/h4,6-11,23H,1,5,12H2,2-3H3,(H,21,25)(H,22,24). The second-order valence-electron chi connectivity index (χ2n) is 5.64. The SMILES string of the molecule is C=CC(=O)Nc1ccc(O)c(C(=O)NCc2ccc(OCC)c(C)c2)c1. The van der Waals surface area contributed by atoms with Crippen LogP contribution in [0.5, 0.6) is 11.5 Å². The van der Waals surface area contributed by atoms with E-state index in [4.69, 9.17) is 4.74 Å². The van der Waals surface area contributed by atoms with Crippen LogP contribution >= 0.6 is 0 Å². The summed E-state index contributed by atoms with van der Waals surface area (Å²) in [6.45, 7) is 8.12. The van der Waals surface area contributed by atoms with Crippen LogP contribution in [0.2, 0.25) is 0 Å². The Kier molecular flexibility index (Phi) is 6.38. The molecule has 0 bridgehead atoms. The summed E-state index contributed by atoms with van der Waals surface area (Å²) in [6.07, 6.45) is 1.13. The molecule has 3 N–H and O–H groups in total. The van der Waals surface area contributed by atoms with E-state index in [2.05, 4.69) is 17.2 Å². The first-order valence-corrected chi connectivity index (χ1v) is 8.21. The van der Waals surface area contributed by atoms with Crippen molar-refractivity contribution in [2.75, 3.05) is 11.9 Å². The number of aryl methyl sites for hydroxylation is 1. The zero-order chi connectivity index (χ0) is 19.1. The second kappa shape index (κ2) is 8.71. The van der Waals surface area contributed by atoms with Crippen molar-refractivity contribution < 1.29 is 19.4 Å². The highest BCUT2D eigenvalue weighted by Gasteiger charge is 2.13. The third-order valence-corrected chi connectivity index (χ3v) is 3.69. The summed E-state index contributed by atoms with van der Waals surface area (Å²) in [5.41, 5.74) is 2.37. The van der Waals surface area contributed by atoms with Gasteiger partial charge < -0.3 is 20.5 Å². The number of carbonyl (C=O) groups is 2. The Bertz CT molecular complexity index is 831. The zero-order valence-electron chi connectivity index (χ0n) is 14.8. The fraction of sp³-hybridized carbons (Fsp3) is 0.200. The van der Waals surface area contributed by atoms with Crippen molar-refractivity contribution in [3.63, 3.8) is 0 Å². The van der Waals surface area contributed by atoms with Gasteiger partial charge in [-0.05, 0) is 55.3 Å². The van der Waals surface area contributed by atoms with Crippen molar-refractivity contribution in [2.24, 2.45) is 0 Å². The van der Waals surface area contributed by atoms with E-state index in [1.165, 1.54) is 18.2 Å². The number of phenolic OH excluding ortho intramolecular Hbond substituents is 1. The van der Waals surface area contributed by atoms with E-state index >= 15 is 0 Å². The Morgan fingerprint density at radius 1 is 1.23 bits per heavy atom. The molecule has 26 heavy (non-hydrogen) atoms. The molecule has 0 radical (unpaired) electrons. The smallest absolute Gasteiger partial charge is 0.255 e. The number of hydrogen-bond acceptors (Lipinski definition) is 4. The van der Waals surface area contributed by atoms with E-state index < -0.39 is 11.8 Å². The molecule has 0 fully saturated rings. The fourth-order valence-corrected chi connectivity index (χ4v) is 2.41. The van der Waals surface area contributed by atoms with Crippen molar-refractivity contribution in [3.05, 3.63) is 65.7 Å². The van der Waals surface area contributed by atoms with Crippen LogP contribution in [0.25, 0.3) is 0 Å². The van der Waals surface area contributed by atoms with Crippen LogP contribution in [0.4, 0.5) is 5.69 Å². The molecule has 0 aliphatic carbocycles. The number of hydrogen-bond donors (Lipinski definition) is 3. The third kappa shape index (κ3) is 4.86. The predicted octanol–water partition coefficient (Wildman–Crippen LogP) is 3.15. The number of ether oxygens (including phenoxy) is 1. The number of aromatic hydroxyl groups is 1. The summed E-state index contributed by atoms with van der Waals surface area (Å²) < 4.78 is 5.49. The molecule has 0 aliphatic heterocycles. The van der Waals surface area contributed by atoms with Gasteiger partial charge in [0.25, 0.3) is 5.91 Å². The lowest BCUT2D eigenvalue weighted by molar-refractivity contribution is -0.111. The molecule has 0 aliphatic rings. The molecule has 6 heteroatoms. The summed E-state index contributed by atoms with van der Waals surface area (Å²) >= 11 is 0. The molecule has 2 amide bonds. The number of phenols is 1. The molecule has 2 aromatic carbocycles. The summed E-state index contributed by atoms with van der Waals surface area (Å²) in [7, 11) is 0. The molecule has 2 aromatic rings. The number of benzene rings is 2. The zero-order valence-corrected chi connectivity index (χ0v) is 14.8. The van der Waals surface area contributed by atoms with Crippen LogP contribution in [0.1, 0.15) is 28.4 Å². The molecule has 6 nitrogen and oxygen atoms in total. The Morgan fingerprint density at radius 2 is 2.00 bits per heavy atom. The average molecular weight is 354 g/mol. The maximum Gasteiger partial charge on any atom is 0.255 e. The number of nitrogens with one attached hydrogen (secondary N) is 2. The van der Waals surface area contributed by atoms with Crippen LogP contribution in [0.15, 0.2) is 49.1 Å². The first-order valence-electron chi connectivity index (χ1n) is 8.21. The van der Waals surface area contributed by atoms with Gasteiger partial charge >= 0.3 is 0 Å². The van der Waals surface area contributed by atoms with Crippen LogP contribution in [-0.4, -0.2) is 23.5 Å². The molecule has 136 valence electrons. The highest BCUT2D eigenvalue weighted by atomic mass is 16.5. The number of amides is 2. The molecule has 0 saturated heterocycles. The maximum absolute atomic E-state index is 12.4. The largest absolute Gasteiger partial charge is 0.507 e. The topological polar surface area (TPSA) is 87.7 Å². The lowest BCUT2D eigenvalue weighted by atomic mass is 10.1. The Labute approximate surface area is 152 Å². The van der Waals surface area contributed by atoms with Crippen molar-refractivity contribution in [1.29, 1.82) is 0 Å². The minimum Gasteiger partial charge on any atom is -0.507 e. The van der Waals surface area contributed by atoms with Gasteiger partial charge in [0.05, 0.1) is 12.2 Å². The second-order valence-corrected chi connectivity index (χ2v) is 5.64. The lowest BCUT2D eigenvalue weighted by Crippen LogP contribution is -2.23. The normalized spacial score (nSPS) is 10.1. The number of rotatable bonds is 7. The Hall–Kier alpha value is -3.28. The van der Waals surface area contributed by atoms with Crippen molar-refractivity contribution in [3.8, 4) is 11.5 Å². The van der Waals surface area contributed by atoms with Crippen molar-refractivity contribution in [2.45, 2.75) is 20.4 Å². The summed E-state index contributed by atoms with van der Waals surface area (Å²) in [4.78, 5) is 23.7. The first kappa shape index (κ1) is 19.1. The quantitative estimate of drug-likeness (QED) is 0.526. The van der Waals surface area contributed by atoms with Gasteiger partial charge in [-0.15, -0.1) is 0 Å². The predicted molar refractivity (Wildman–Crippen MR) is 100 cm³/mol. The van der Waals surface area contributed by atoms with Crippen LogP contribution < -0.4 is 15.4 Å². The monoisotopic (exact) mass is 354 g/mol. The van der Waals surface area contributed by atoms with Crippen LogP contribution in [0, 0.1) is 6.92 Å². The summed E-state index contributed by atoms with van der Waals surface area (Å²) in [6, 6.07) is 9.95. The van der Waals surface area contributed by atoms with Crippen LogP contribution in [0.3, 0.4) is 0 Å². The van der Waals surface area contributed by atoms with Gasteiger partial charge in [-0.1, -0.05) is 18.7 Å². The Balaban J connectivity index is 2.07. The van der Waals surface area contributed by atoms with Crippen molar-refractivity contribution in [1.82, 2.24) is 5.32 Å². The molecule has 0 heterocycles. The molecule has 0 spiro atoms. The fourth-order valence-electron chi connectivity index (χ4n) is 2.41. The maximum atomic E-state index is 12.4. The molecule has 0 aromatic heterocycles. The molecule has 0 unspecified atom stereocenters. The van der Waals surface area contributed by atoms with Gasteiger partial charge in [-0.25, -0.2) is 0 Å². The molecule has 0 saturated carbocycles. The van der Waals surface area contributed by atoms with E-state index in [1.54, 1.807) is 0 Å². The molecule has 0 atom stereocenters. The lowest BCUT2D eigenvalue weighted by Gasteiger charge is -2.11. The van der Waals surface area contributed by atoms with Crippen molar-refractivity contribution >= 4 is 17.5 Å². The van der Waals surface area contributed by atoms with Gasteiger partial charge in [0.1, 0.15) is 11.5 Å². The minimum atomic E-state index is -0.441. The molecular weight excluding hydrogens is 332 g/mol. The minimum absolute atomic E-state index is 0.0783. The highest BCUT2D eigenvalue weighted by Crippen LogP contribution is 2.22. The first-order chi connectivity index (χ1) is 12.4. The average Bonchev–Trinajstić information content (AvgIpc) is 2.63. The van der Waals surface area contributed by atoms with E-state index in [9.17, 15) is 14.7 Å². The number of anilines is 1. The Morgan fingerprint density at radius 3 is 2.65 bits per heavy atom. The van der Waals surface area contributed by atoms with Gasteiger partial charge in [0.15, 0.2) is 0 Å².